The molecule has 0 aliphatic rings. The van der Waals surface area contributed by atoms with Crippen LogP contribution in [-0.4, -0.2) is 160 Å². The summed E-state index contributed by atoms with van der Waals surface area (Å²) >= 11 is 0. The number of hydrogen-bond acceptors (Lipinski definition) is 2. The van der Waals surface area contributed by atoms with E-state index in [1.165, 1.54) is 10.6 Å². The second-order valence-corrected chi connectivity index (χ2v) is 13.8. The second kappa shape index (κ2) is 18.6. The molecule has 0 heterocycles. The first-order chi connectivity index (χ1) is 24.9. The van der Waals surface area contributed by atoms with Crippen molar-refractivity contribution in [3.05, 3.63) is 0 Å². The van der Waals surface area contributed by atoms with Crippen molar-refractivity contribution < 1.29 is 167 Å². The number of carbonyl (C=O) groups excluding carboxylic acids is 2. The number of rotatable bonds is 21. The molecule has 0 aromatic carbocycles. The number of amides is 2. The smallest absolute Gasteiger partial charge is 0.460 e. The number of alkyl halides is 26. The van der Waals surface area contributed by atoms with Crippen molar-refractivity contribution in [2.45, 2.75) is 84.4 Å². The van der Waals surface area contributed by atoms with Crippen LogP contribution in [0.1, 0.15) is 12.8 Å². The molecule has 0 unspecified atom stereocenters. The minimum Gasteiger partial charge on any atom is -1.00 e. The van der Waals surface area contributed by atoms with E-state index in [0.29, 0.717) is 0 Å². The van der Waals surface area contributed by atoms with E-state index >= 15 is 0 Å². The van der Waals surface area contributed by atoms with Crippen LogP contribution in [-0.2, 0) is 9.59 Å². The standard InChI is InChI=1S/C26H28F26N4O2.2BrH/c1-55(2,11-13(57)53-7-5-15(27,28)17(31,32)19(35,36)21(39,40)23(43,44)25(47,48)49)9-10-56(3,4)12-14(58)54-8-6-16(29,30)18(33,34)20(37,38)22(41,42)24(45,46)26(50,51)52;;/h5-12H2,1-4H3;2*1H. The Morgan fingerprint density at radius 1 is 0.367 bits per heavy atom. The van der Waals surface area contributed by atoms with Crippen LogP contribution in [0.15, 0.2) is 0 Å². The molecule has 2 amide bonds. The number of quaternary nitrogens is 2. The predicted molar refractivity (Wildman–Crippen MR) is 141 cm³/mol. The summed E-state index contributed by atoms with van der Waals surface area (Å²) in [6.07, 6.45) is -20.7. The second-order valence-electron chi connectivity index (χ2n) is 13.8. The van der Waals surface area contributed by atoms with Crippen molar-refractivity contribution in [3.8, 4) is 0 Å². The van der Waals surface area contributed by atoms with E-state index in [4.69, 9.17) is 0 Å². The van der Waals surface area contributed by atoms with Crippen LogP contribution in [0.4, 0.5) is 114 Å². The molecule has 0 aromatic rings. The van der Waals surface area contributed by atoms with Crippen LogP contribution < -0.4 is 44.6 Å². The third-order valence-electron chi connectivity index (χ3n) is 7.97. The normalized spacial score (nSPS) is 15.2. The monoisotopic (exact) mass is 1080 g/mol. The average Bonchev–Trinajstić information content (AvgIpc) is 2.97. The van der Waals surface area contributed by atoms with Crippen molar-refractivity contribution in [1.29, 1.82) is 0 Å². The molecular weight excluding hydrogens is 1050 g/mol. The number of likely N-dealkylation sites (N-methyl/N-ethyl adjacent to an activating group) is 2. The van der Waals surface area contributed by atoms with Gasteiger partial charge in [-0.3, -0.25) is 9.59 Å². The Balaban J connectivity index is -0.0000162. The van der Waals surface area contributed by atoms with Crippen LogP contribution in [0.3, 0.4) is 0 Å². The van der Waals surface area contributed by atoms with E-state index in [2.05, 4.69) is 0 Å². The molecule has 34 heteroatoms. The number of hydrogen-bond donors (Lipinski definition) is 2. The largest absolute Gasteiger partial charge is 1.00 e. The summed E-state index contributed by atoms with van der Waals surface area (Å²) in [5.41, 5.74) is 0. The molecule has 0 aromatic heterocycles. The number of nitrogens with zero attached hydrogens (tertiary/aromatic N) is 2. The van der Waals surface area contributed by atoms with Gasteiger partial charge in [-0.1, -0.05) is 0 Å². The molecule has 2 N–H and O–H groups in total. The molecule has 0 aliphatic heterocycles. The van der Waals surface area contributed by atoms with E-state index in [1.807, 2.05) is 0 Å². The molecule has 0 saturated carbocycles. The zero-order valence-corrected chi connectivity index (χ0v) is 33.1. The van der Waals surface area contributed by atoms with Crippen LogP contribution in [0, 0.1) is 0 Å². The summed E-state index contributed by atoms with van der Waals surface area (Å²) in [6.45, 7) is -6.05. The number of carbonyl (C=O) groups is 2. The van der Waals surface area contributed by atoms with Crippen LogP contribution in [0.5, 0.6) is 0 Å². The van der Waals surface area contributed by atoms with Crippen molar-refractivity contribution in [1.82, 2.24) is 10.6 Å². The third kappa shape index (κ3) is 12.0. The van der Waals surface area contributed by atoms with Gasteiger partial charge in [0.2, 0.25) is 0 Å². The number of nitrogens with one attached hydrogen (secondary N) is 2. The highest BCUT2D eigenvalue weighted by Gasteiger charge is 2.92. The lowest BCUT2D eigenvalue weighted by Gasteiger charge is -2.39. The van der Waals surface area contributed by atoms with Gasteiger partial charge in [0.15, 0.2) is 13.1 Å². The maximum atomic E-state index is 13.9. The van der Waals surface area contributed by atoms with E-state index in [9.17, 15) is 124 Å². The number of halogens is 28. The quantitative estimate of drug-likeness (QED) is 0.136. The molecular formula is C26H30Br2F26N4O2. The molecule has 0 rings (SSSR count). The van der Waals surface area contributed by atoms with E-state index < -0.39 is 131 Å². The maximum absolute atomic E-state index is 13.9. The van der Waals surface area contributed by atoms with Crippen molar-refractivity contribution in [2.75, 3.05) is 67.5 Å². The van der Waals surface area contributed by atoms with Gasteiger partial charge in [-0.2, -0.15) is 114 Å². The highest BCUT2D eigenvalue weighted by Crippen LogP contribution is 2.62. The van der Waals surface area contributed by atoms with Gasteiger partial charge in [-0.05, 0) is 0 Å². The Morgan fingerprint density at radius 2 is 0.567 bits per heavy atom. The highest BCUT2D eigenvalue weighted by molar-refractivity contribution is 5.77. The van der Waals surface area contributed by atoms with Gasteiger partial charge in [0, 0.05) is 25.9 Å². The van der Waals surface area contributed by atoms with Gasteiger partial charge >= 0.3 is 71.6 Å². The molecule has 0 saturated heterocycles. The molecule has 0 spiro atoms. The molecule has 0 fully saturated rings. The van der Waals surface area contributed by atoms with Crippen LogP contribution in [0.25, 0.3) is 0 Å². The fraction of sp³-hybridized carbons (Fsp3) is 0.923. The van der Waals surface area contributed by atoms with Crippen molar-refractivity contribution in [2.24, 2.45) is 0 Å². The molecule has 0 bridgehead atoms. The maximum Gasteiger partial charge on any atom is 0.460 e. The zero-order valence-electron chi connectivity index (χ0n) is 30.0. The van der Waals surface area contributed by atoms with E-state index in [-0.39, 0.29) is 47.1 Å². The summed E-state index contributed by atoms with van der Waals surface area (Å²) < 4.78 is 343. The molecule has 0 aliphatic carbocycles. The average molecular weight is 1080 g/mol. The SMILES string of the molecule is C[N+](C)(CC[N+](C)(C)CC(=O)NCCC(F)(F)C(F)(F)C(F)(F)C(F)(F)C(F)(F)C(F)(F)F)CC(=O)NCCC(F)(F)C(F)(F)C(F)(F)C(F)(F)C(F)(F)C(F)(F)F.[Br-].[Br-]. The van der Waals surface area contributed by atoms with Crippen molar-refractivity contribution in [3.63, 3.8) is 0 Å². The highest BCUT2D eigenvalue weighted by atomic mass is 79.9. The van der Waals surface area contributed by atoms with Gasteiger partial charge in [0.25, 0.3) is 11.8 Å². The van der Waals surface area contributed by atoms with Gasteiger partial charge in [-0.15, -0.1) is 0 Å². The Kier molecular flexibility index (Phi) is 19.3. The minimum atomic E-state index is -8.13. The topological polar surface area (TPSA) is 58.2 Å². The third-order valence-corrected chi connectivity index (χ3v) is 7.97. The lowest BCUT2D eigenvalue weighted by Crippen LogP contribution is -3.00. The van der Waals surface area contributed by atoms with Gasteiger partial charge in [-0.25, -0.2) is 0 Å². The Hall–Kier alpha value is -2.00. The van der Waals surface area contributed by atoms with Gasteiger partial charge in [0.05, 0.1) is 28.2 Å². The minimum absolute atomic E-state index is 0. The van der Waals surface area contributed by atoms with Crippen LogP contribution >= 0.6 is 0 Å². The van der Waals surface area contributed by atoms with Gasteiger partial charge < -0.3 is 53.6 Å². The summed E-state index contributed by atoms with van der Waals surface area (Å²) in [5.74, 6) is -79.2. The lowest BCUT2D eigenvalue weighted by atomic mass is 9.92. The molecule has 0 atom stereocenters. The zero-order chi connectivity index (χ0) is 47.2. The fourth-order valence-corrected chi connectivity index (χ4v) is 4.22. The van der Waals surface area contributed by atoms with E-state index in [1.54, 1.807) is 0 Å². The summed E-state index contributed by atoms with van der Waals surface area (Å²) in [5, 5.41) is 2.86. The fourth-order valence-electron chi connectivity index (χ4n) is 4.22. The Labute approximate surface area is 341 Å². The van der Waals surface area contributed by atoms with Crippen molar-refractivity contribution >= 4 is 11.8 Å². The first-order valence-corrected chi connectivity index (χ1v) is 15.0. The first-order valence-electron chi connectivity index (χ1n) is 15.0. The molecule has 60 heavy (non-hydrogen) atoms. The Morgan fingerprint density at radius 3 is 0.767 bits per heavy atom. The predicted octanol–water partition coefficient (Wildman–Crippen LogP) is 1.64. The summed E-state index contributed by atoms with van der Waals surface area (Å²) in [7, 11) is 4.55. The van der Waals surface area contributed by atoms with Crippen LogP contribution in [0.2, 0.25) is 0 Å². The summed E-state index contributed by atoms with van der Waals surface area (Å²) in [4.78, 5) is 24.3. The van der Waals surface area contributed by atoms with E-state index in [0.717, 1.165) is 28.2 Å². The summed E-state index contributed by atoms with van der Waals surface area (Å²) in [6, 6.07) is 0. The Bertz CT molecular complexity index is 1340. The molecule has 362 valence electrons. The van der Waals surface area contributed by atoms with Gasteiger partial charge in [0.1, 0.15) is 13.1 Å². The first kappa shape index (κ1) is 62.3. The molecule has 0 radical (unpaired) electrons. The lowest BCUT2D eigenvalue weighted by molar-refractivity contribution is -0.938. The molecule has 6 nitrogen and oxygen atoms in total.